The number of anilines is 1. The number of nitrogens with one attached hydrogen (secondary N) is 1. The fourth-order valence-electron chi connectivity index (χ4n) is 3.40. The molecule has 5 heteroatoms. The van der Waals surface area contributed by atoms with Gasteiger partial charge in [-0.05, 0) is 41.7 Å². The molecule has 2 aliphatic rings. The fourth-order valence-corrected chi connectivity index (χ4v) is 3.40. The Balaban J connectivity index is 1.38. The van der Waals surface area contributed by atoms with Crippen molar-refractivity contribution < 1.29 is 14.3 Å². The van der Waals surface area contributed by atoms with Crippen molar-refractivity contribution in [2.45, 2.75) is 25.8 Å². The monoisotopic (exact) mass is 336 g/mol. The molecule has 2 aliphatic heterocycles. The summed E-state index contributed by atoms with van der Waals surface area (Å²) in [5.41, 5.74) is 4.30. The smallest absolute Gasteiger partial charge is 0.262 e. The van der Waals surface area contributed by atoms with Gasteiger partial charge in [0.2, 0.25) is 5.91 Å². The quantitative estimate of drug-likeness (QED) is 0.937. The molecule has 2 amide bonds. The molecule has 25 heavy (non-hydrogen) atoms. The second kappa shape index (κ2) is 6.59. The Hall–Kier alpha value is -2.82. The van der Waals surface area contributed by atoms with Crippen LogP contribution < -0.4 is 10.1 Å². The van der Waals surface area contributed by atoms with Crippen molar-refractivity contribution in [3.05, 3.63) is 59.2 Å². The van der Waals surface area contributed by atoms with Gasteiger partial charge in [0.25, 0.3) is 5.91 Å². The molecule has 0 atom stereocenters. The maximum absolute atomic E-state index is 12.6. The van der Waals surface area contributed by atoms with Gasteiger partial charge in [-0.25, -0.2) is 0 Å². The van der Waals surface area contributed by atoms with Gasteiger partial charge in [0.05, 0.1) is 5.69 Å². The Morgan fingerprint density at radius 2 is 2.00 bits per heavy atom. The summed E-state index contributed by atoms with van der Waals surface area (Å²) >= 11 is 0. The number of amides is 2. The van der Waals surface area contributed by atoms with Crippen molar-refractivity contribution in [1.82, 2.24) is 4.90 Å². The molecular weight excluding hydrogens is 316 g/mol. The van der Waals surface area contributed by atoms with E-state index in [2.05, 4.69) is 23.5 Å². The lowest BCUT2D eigenvalue weighted by Gasteiger charge is -2.29. The van der Waals surface area contributed by atoms with Crippen LogP contribution in [-0.4, -0.2) is 29.9 Å². The highest BCUT2D eigenvalue weighted by molar-refractivity contribution is 5.95. The van der Waals surface area contributed by atoms with E-state index in [-0.39, 0.29) is 18.4 Å². The van der Waals surface area contributed by atoms with Crippen LogP contribution in [0.3, 0.4) is 0 Å². The maximum Gasteiger partial charge on any atom is 0.262 e. The number of hydrogen-bond donors (Lipinski definition) is 1. The number of benzene rings is 2. The molecule has 0 aliphatic carbocycles. The van der Waals surface area contributed by atoms with E-state index in [1.54, 1.807) is 0 Å². The highest BCUT2D eigenvalue weighted by Crippen LogP contribution is 2.29. The summed E-state index contributed by atoms with van der Waals surface area (Å²) < 4.78 is 5.36. The first kappa shape index (κ1) is 15.7. The third-order valence-corrected chi connectivity index (χ3v) is 4.79. The average Bonchev–Trinajstić information content (AvgIpc) is 2.65. The lowest BCUT2D eigenvalue weighted by atomic mass is 9.99. The lowest BCUT2D eigenvalue weighted by molar-refractivity contribution is -0.132. The summed E-state index contributed by atoms with van der Waals surface area (Å²) in [6, 6.07) is 14.0. The molecule has 0 spiro atoms. The molecule has 2 aromatic rings. The summed E-state index contributed by atoms with van der Waals surface area (Å²) in [5.74, 6) is 0.711. The fraction of sp³-hybridized carbons (Fsp3) is 0.300. The van der Waals surface area contributed by atoms with Crippen molar-refractivity contribution >= 4 is 17.5 Å². The molecule has 0 fully saturated rings. The summed E-state index contributed by atoms with van der Waals surface area (Å²) in [5, 5.41) is 2.80. The van der Waals surface area contributed by atoms with Gasteiger partial charge in [-0.3, -0.25) is 9.59 Å². The van der Waals surface area contributed by atoms with Crippen molar-refractivity contribution in [3.8, 4) is 5.75 Å². The Morgan fingerprint density at radius 1 is 1.16 bits per heavy atom. The van der Waals surface area contributed by atoms with Crippen LogP contribution in [0.2, 0.25) is 0 Å². The Morgan fingerprint density at radius 3 is 2.88 bits per heavy atom. The second-order valence-electron chi connectivity index (χ2n) is 6.50. The van der Waals surface area contributed by atoms with Crippen LogP contribution in [0.1, 0.15) is 23.1 Å². The molecule has 0 aromatic heterocycles. The number of aryl methyl sites for hydroxylation is 1. The summed E-state index contributed by atoms with van der Waals surface area (Å²) in [6.07, 6.45) is 2.04. The highest BCUT2D eigenvalue weighted by Gasteiger charge is 2.20. The topological polar surface area (TPSA) is 58.6 Å². The van der Waals surface area contributed by atoms with E-state index in [1.807, 2.05) is 29.2 Å². The minimum atomic E-state index is -0.146. The van der Waals surface area contributed by atoms with Crippen LogP contribution in [0.25, 0.3) is 0 Å². The number of nitrogens with zero attached hydrogens (tertiary/aromatic N) is 1. The van der Waals surface area contributed by atoms with Crippen LogP contribution >= 0.6 is 0 Å². The van der Waals surface area contributed by atoms with Gasteiger partial charge in [-0.15, -0.1) is 0 Å². The van der Waals surface area contributed by atoms with Crippen LogP contribution in [0, 0.1) is 0 Å². The first-order chi connectivity index (χ1) is 12.2. The third kappa shape index (κ3) is 3.36. The van der Waals surface area contributed by atoms with Gasteiger partial charge in [-0.1, -0.05) is 30.3 Å². The molecule has 0 bridgehead atoms. The minimum Gasteiger partial charge on any atom is -0.482 e. The zero-order valence-corrected chi connectivity index (χ0v) is 14.0. The standard InChI is InChI=1S/C20H20N2O3/c23-19-13-25-18-7-5-14(11-17(18)21-19)6-8-20(24)22-10-9-15-3-1-2-4-16(15)12-22/h1-5,7,11H,6,8-10,12-13H2,(H,21,23). The van der Waals surface area contributed by atoms with E-state index in [0.717, 1.165) is 18.5 Å². The number of ether oxygens (including phenoxy) is 1. The minimum absolute atomic E-state index is 0.0568. The molecular formula is C20H20N2O3. The van der Waals surface area contributed by atoms with Gasteiger partial charge in [0.15, 0.2) is 6.61 Å². The van der Waals surface area contributed by atoms with Crippen LogP contribution in [0.5, 0.6) is 5.75 Å². The summed E-state index contributed by atoms with van der Waals surface area (Å²) in [6.45, 7) is 1.54. The number of rotatable bonds is 3. The van der Waals surface area contributed by atoms with Crippen molar-refractivity contribution in [3.63, 3.8) is 0 Å². The first-order valence-corrected chi connectivity index (χ1v) is 8.59. The zero-order chi connectivity index (χ0) is 17.2. The van der Waals surface area contributed by atoms with Gasteiger partial charge in [0.1, 0.15) is 5.75 Å². The van der Waals surface area contributed by atoms with E-state index in [9.17, 15) is 9.59 Å². The van der Waals surface area contributed by atoms with Crippen LogP contribution in [0.4, 0.5) is 5.69 Å². The van der Waals surface area contributed by atoms with E-state index < -0.39 is 0 Å². The zero-order valence-electron chi connectivity index (χ0n) is 14.0. The Bertz CT molecular complexity index is 831. The predicted octanol–water partition coefficient (Wildman–Crippen LogP) is 2.54. The van der Waals surface area contributed by atoms with E-state index >= 15 is 0 Å². The molecule has 0 saturated heterocycles. The van der Waals surface area contributed by atoms with Crippen molar-refractivity contribution in [2.24, 2.45) is 0 Å². The summed E-state index contributed by atoms with van der Waals surface area (Å²) in [7, 11) is 0. The Kier molecular flexibility index (Phi) is 4.14. The Labute approximate surface area is 146 Å². The third-order valence-electron chi connectivity index (χ3n) is 4.79. The molecule has 0 radical (unpaired) electrons. The van der Waals surface area contributed by atoms with Crippen LogP contribution in [0.15, 0.2) is 42.5 Å². The predicted molar refractivity (Wildman–Crippen MR) is 94.5 cm³/mol. The van der Waals surface area contributed by atoms with Crippen LogP contribution in [-0.2, 0) is 29.0 Å². The molecule has 2 aromatic carbocycles. The van der Waals surface area contributed by atoms with Crippen molar-refractivity contribution in [1.29, 1.82) is 0 Å². The second-order valence-corrected chi connectivity index (χ2v) is 6.50. The average molecular weight is 336 g/mol. The molecule has 1 N–H and O–H groups in total. The van der Waals surface area contributed by atoms with Gasteiger partial charge in [0, 0.05) is 19.5 Å². The van der Waals surface area contributed by atoms with E-state index in [4.69, 9.17) is 4.74 Å². The normalized spacial score (nSPS) is 15.7. The maximum atomic E-state index is 12.6. The molecule has 4 rings (SSSR count). The highest BCUT2D eigenvalue weighted by atomic mass is 16.5. The number of fused-ring (bicyclic) bond motifs is 2. The van der Waals surface area contributed by atoms with Gasteiger partial charge in [-0.2, -0.15) is 0 Å². The summed E-state index contributed by atoms with van der Waals surface area (Å²) in [4.78, 5) is 25.9. The molecule has 128 valence electrons. The first-order valence-electron chi connectivity index (χ1n) is 8.59. The SMILES string of the molecule is O=C1COc2ccc(CCC(=O)N3CCc4ccccc4C3)cc2N1. The molecule has 2 heterocycles. The van der Waals surface area contributed by atoms with Gasteiger partial charge >= 0.3 is 0 Å². The van der Waals surface area contributed by atoms with E-state index in [0.29, 0.717) is 30.8 Å². The van der Waals surface area contributed by atoms with Gasteiger partial charge < -0.3 is 15.0 Å². The molecule has 5 nitrogen and oxygen atoms in total. The molecule has 0 unspecified atom stereocenters. The van der Waals surface area contributed by atoms with E-state index in [1.165, 1.54) is 11.1 Å². The lowest BCUT2D eigenvalue weighted by Crippen LogP contribution is -2.36. The molecule has 0 saturated carbocycles. The number of carbonyl (C=O) groups excluding carboxylic acids is 2. The number of hydrogen-bond acceptors (Lipinski definition) is 3. The van der Waals surface area contributed by atoms with Crippen molar-refractivity contribution in [2.75, 3.05) is 18.5 Å². The largest absolute Gasteiger partial charge is 0.482 e. The number of carbonyl (C=O) groups is 2.